The number of amides is 2. The lowest BCUT2D eigenvalue weighted by Crippen LogP contribution is -2.34. The van der Waals surface area contributed by atoms with E-state index < -0.39 is 0 Å². The number of nitriles is 1. The summed E-state index contributed by atoms with van der Waals surface area (Å²) in [5, 5.41) is 14.1. The molecule has 0 aliphatic carbocycles. The molecule has 0 aliphatic heterocycles. The van der Waals surface area contributed by atoms with Gasteiger partial charge in [0, 0.05) is 6.04 Å². The van der Waals surface area contributed by atoms with Gasteiger partial charge in [-0.3, -0.25) is 5.32 Å². The molecule has 0 unspecified atom stereocenters. The zero-order valence-electron chi connectivity index (χ0n) is 7.87. The van der Waals surface area contributed by atoms with Crippen molar-refractivity contribution in [3.8, 4) is 6.07 Å². The fourth-order valence-corrected chi connectivity index (χ4v) is 1.39. The molecule has 0 aliphatic rings. The van der Waals surface area contributed by atoms with E-state index in [4.69, 9.17) is 5.26 Å². The van der Waals surface area contributed by atoms with Crippen LogP contribution in [0.15, 0.2) is 6.20 Å². The Kier molecular flexibility index (Phi) is 3.42. The van der Waals surface area contributed by atoms with Crippen molar-refractivity contribution in [3.05, 3.63) is 11.1 Å². The van der Waals surface area contributed by atoms with Gasteiger partial charge in [0.25, 0.3) is 0 Å². The molecule has 0 radical (unpaired) electrons. The summed E-state index contributed by atoms with van der Waals surface area (Å²) in [7, 11) is 0. The summed E-state index contributed by atoms with van der Waals surface area (Å²) < 4.78 is 0. The summed E-state index contributed by atoms with van der Waals surface area (Å²) in [4.78, 5) is 15.5. The lowest BCUT2D eigenvalue weighted by Gasteiger charge is -2.07. The van der Waals surface area contributed by atoms with E-state index in [0.717, 1.165) is 11.3 Å². The molecule has 6 heteroatoms. The molecule has 14 heavy (non-hydrogen) atoms. The molecule has 74 valence electrons. The maximum Gasteiger partial charge on any atom is 0.321 e. The molecular weight excluding hydrogens is 200 g/mol. The minimum absolute atomic E-state index is 0.0744. The summed E-state index contributed by atoms with van der Waals surface area (Å²) in [6, 6.07) is 1.71. The Morgan fingerprint density at radius 3 is 2.93 bits per heavy atom. The van der Waals surface area contributed by atoms with Crippen LogP contribution in [-0.4, -0.2) is 17.1 Å². The van der Waals surface area contributed by atoms with Crippen molar-refractivity contribution >= 4 is 22.5 Å². The molecule has 0 fully saturated rings. The molecule has 0 atom stereocenters. The van der Waals surface area contributed by atoms with Crippen molar-refractivity contribution < 1.29 is 4.79 Å². The fraction of sp³-hybridized carbons (Fsp3) is 0.375. The van der Waals surface area contributed by atoms with Crippen LogP contribution in [0.4, 0.5) is 9.93 Å². The Bertz CT molecular complexity index is 366. The van der Waals surface area contributed by atoms with Crippen molar-refractivity contribution in [1.29, 1.82) is 5.26 Å². The van der Waals surface area contributed by atoms with Crippen LogP contribution in [0.1, 0.15) is 18.7 Å². The van der Waals surface area contributed by atoms with Gasteiger partial charge in [-0.1, -0.05) is 11.3 Å². The smallest absolute Gasteiger partial charge is 0.321 e. The Morgan fingerprint density at radius 2 is 2.43 bits per heavy atom. The van der Waals surface area contributed by atoms with Gasteiger partial charge < -0.3 is 5.32 Å². The van der Waals surface area contributed by atoms with E-state index in [2.05, 4.69) is 15.6 Å². The molecule has 2 amide bonds. The predicted molar refractivity (Wildman–Crippen MR) is 54.1 cm³/mol. The van der Waals surface area contributed by atoms with Crippen LogP contribution in [0.3, 0.4) is 0 Å². The Hall–Kier alpha value is -1.61. The van der Waals surface area contributed by atoms with E-state index in [1.54, 1.807) is 0 Å². The molecule has 1 aromatic heterocycles. The number of hydrogen-bond acceptors (Lipinski definition) is 4. The molecular formula is C8H10N4OS. The van der Waals surface area contributed by atoms with Crippen molar-refractivity contribution in [3.63, 3.8) is 0 Å². The number of carbonyl (C=O) groups excluding carboxylic acids is 1. The highest BCUT2D eigenvalue weighted by Crippen LogP contribution is 2.16. The van der Waals surface area contributed by atoms with Crippen molar-refractivity contribution in [2.45, 2.75) is 19.9 Å². The van der Waals surface area contributed by atoms with E-state index in [0.29, 0.717) is 10.0 Å². The molecule has 0 aromatic carbocycles. The summed E-state index contributed by atoms with van der Waals surface area (Å²) in [5.74, 6) is 0. The predicted octanol–water partition coefficient (Wildman–Crippen LogP) is 1.54. The summed E-state index contributed by atoms with van der Waals surface area (Å²) in [5.41, 5.74) is 0. The van der Waals surface area contributed by atoms with Gasteiger partial charge in [0.05, 0.1) is 6.20 Å². The highest BCUT2D eigenvalue weighted by atomic mass is 32.1. The second kappa shape index (κ2) is 4.58. The van der Waals surface area contributed by atoms with E-state index in [1.807, 2.05) is 19.9 Å². The second-order valence-electron chi connectivity index (χ2n) is 2.89. The van der Waals surface area contributed by atoms with Crippen LogP contribution in [-0.2, 0) is 0 Å². The number of rotatable bonds is 2. The largest absolute Gasteiger partial charge is 0.336 e. The maximum atomic E-state index is 11.2. The van der Waals surface area contributed by atoms with Crippen LogP contribution >= 0.6 is 11.3 Å². The number of thiazole rings is 1. The molecule has 2 N–H and O–H groups in total. The number of aromatic nitrogens is 1. The number of nitrogens with one attached hydrogen (secondary N) is 2. The molecule has 1 rings (SSSR count). The first-order valence-corrected chi connectivity index (χ1v) is 4.87. The lowest BCUT2D eigenvalue weighted by molar-refractivity contribution is 0.250. The van der Waals surface area contributed by atoms with Gasteiger partial charge in [-0.05, 0) is 13.8 Å². The highest BCUT2D eigenvalue weighted by molar-refractivity contribution is 7.16. The highest BCUT2D eigenvalue weighted by Gasteiger charge is 2.06. The van der Waals surface area contributed by atoms with Gasteiger partial charge in [0.2, 0.25) is 0 Å². The minimum Gasteiger partial charge on any atom is -0.336 e. The summed E-state index contributed by atoms with van der Waals surface area (Å²) in [6.07, 6.45) is 1.43. The number of anilines is 1. The van der Waals surface area contributed by atoms with Gasteiger partial charge in [0.15, 0.2) is 5.13 Å². The Labute approximate surface area is 85.8 Å². The zero-order chi connectivity index (χ0) is 10.6. The van der Waals surface area contributed by atoms with Crippen LogP contribution in [0.25, 0.3) is 0 Å². The number of carbonyl (C=O) groups is 1. The van der Waals surface area contributed by atoms with Crippen LogP contribution in [0.5, 0.6) is 0 Å². The topological polar surface area (TPSA) is 77.8 Å². The summed E-state index contributed by atoms with van der Waals surface area (Å²) in [6.45, 7) is 3.73. The van der Waals surface area contributed by atoms with Gasteiger partial charge in [-0.15, -0.1) is 0 Å². The normalized spacial score (nSPS) is 9.57. The number of nitrogens with zero attached hydrogens (tertiary/aromatic N) is 2. The maximum absolute atomic E-state index is 11.2. The monoisotopic (exact) mass is 210 g/mol. The van der Waals surface area contributed by atoms with Crippen molar-refractivity contribution in [2.24, 2.45) is 0 Å². The van der Waals surface area contributed by atoms with Crippen molar-refractivity contribution in [1.82, 2.24) is 10.3 Å². The molecule has 0 saturated carbocycles. The Balaban J connectivity index is 2.53. The third kappa shape index (κ3) is 3.03. The van der Waals surface area contributed by atoms with Gasteiger partial charge in [0.1, 0.15) is 10.9 Å². The number of hydrogen-bond donors (Lipinski definition) is 2. The van der Waals surface area contributed by atoms with Crippen LogP contribution in [0.2, 0.25) is 0 Å². The molecule has 1 aromatic rings. The van der Waals surface area contributed by atoms with E-state index in [1.165, 1.54) is 6.20 Å². The van der Waals surface area contributed by atoms with Crippen molar-refractivity contribution in [2.75, 3.05) is 5.32 Å². The first-order chi connectivity index (χ1) is 6.61. The van der Waals surface area contributed by atoms with Gasteiger partial charge in [-0.2, -0.15) is 5.26 Å². The molecule has 1 heterocycles. The SMILES string of the molecule is CC(C)NC(=O)Nc1ncc(C#N)s1. The average molecular weight is 210 g/mol. The van der Waals surface area contributed by atoms with E-state index >= 15 is 0 Å². The Morgan fingerprint density at radius 1 is 1.71 bits per heavy atom. The van der Waals surface area contributed by atoms with Crippen LogP contribution in [0, 0.1) is 11.3 Å². The lowest BCUT2D eigenvalue weighted by atomic mass is 10.4. The van der Waals surface area contributed by atoms with Crippen LogP contribution < -0.4 is 10.6 Å². The quantitative estimate of drug-likeness (QED) is 0.777. The standard InChI is InChI=1S/C8H10N4OS/c1-5(2)11-7(13)12-8-10-4-6(3-9)14-8/h4-5H,1-2H3,(H2,10,11,12,13). The average Bonchev–Trinajstić information content (AvgIpc) is 2.50. The van der Waals surface area contributed by atoms with Gasteiger partial charge in [-0.25, -0.2) is 9.78 Å². The molecule has 0 bridgehead atoms. The third-order valence-corrected chi connectivity index (χ3v) is 2.07. The first kappa shape index (κ1) is 10.5. The van der Waals surface area contributed by atoms with E-state index in [9.17, 15) is 4.79 Å². The van der Waals surface area contributed by atoms with Gasteiger partial charge >= 0.3 is 6.03 Å². The number of urea groups is 1. The first-order valence-electron chi connectivity index (χ1n) is 4.05. The molecule has 5 nitrogen and oxygen atoms in total. The second-order valence-corrected chi connectivity index (χ2v) is 3.93. The minimum atomic E-state index is -0.307. The van der Waals surface area contributed by atoms with E-state index in [-0.39, 0.29) is 12.1 Å². The molecule has 0 spiro atoms. The molecule has 0 saturated heterocycles. The zero-order valence-corrected chi connectivity index (χ0v) is 8.68. The summed E-state index contributed by atoms with van der Waals surface area (Å²) >= 11 is 1.14. The fourth-order valence-electron chi connectivity index (χ4n) is 0.779. The third-order valence-electron chi connectivity index (χ3n) is 1.26.